The van der Waals surface area contributed by atoms with Crippen molar-refractivity contribution in [2.45, 2.75) is 30.5 Å². The number of H-pyrrole nitrogens is 1. The molecule has 0 spiro atoms. The van der Waals surface area contributed by atoms with E-state index in [1.807, 2.05) is 31.2 Å². The number of carbonyl (C=O) groups is 1. The summed E-state index contributed by atoms with van der Waals surface area (Å²) in [5.41, 5.74) is 2.52. The van der Waals surface area contributed by atoms with Crippen LogP contribution in [0.1, 0.15) is 16.7 Å². The Balaban J connectivity index is 1.39. The van der Waals surface area contributed by atoms with Gasteiger partial charge in [0.1, 0.15) is 6.04 Å². The van der Waals surface area contributed by atoms with Crippen LogP contribution in [0.3, 0.4) is 0 Å². The first-order valence-corrected chi connectivity index (χ1v) is 14.4. The first kappa shape index (κ1) is 27.6. The molecule has 0 fully saturated rings. The summed E-state index contributed by atoms with van der Waals surface area (Å²) >= 11 is 1.08. The number of nitrogens with zero attached hydrogens (tertiary/aromatic N) is 1. The molecule has 3 aromatic carbocycles. The number of aromatic amines is 1. The summed E-state index contributed by atoms with van der Waals surface area (Å²) in [6.07, 6.45) is -2.67. The molecular weight excluding hydrogens is 561 g/mol. The number of hydrogen-bond acceptors (Lipinski definition) is 5. The lowest BCUT2D eigenvalue weighted by molar-refractivity contribution is -0.137. The Labute approximate surface area is 232 Å². The third-order valence-corrected chi connectivity index (χ3v) is 8.53. The van der Waals surface area contributed by atoms with Gasteiger partial charge in [-0.15, -0.1) is 11.3 Å². The standard InChI is InChI=1S/C28H23F3N4O3S2/c1-17-6-12-21(13-7-17)40(37,38)35-24(14-19-15-32-23-5-3-2-4-22(19)23)26(36)34-27-33-25(16-39-27)18-8-10-20(11-9-18)28(29,30)31/h2-13,15-16,24,32,35H,14H2,1H3,(H,33,34,36)/t24-/m0/s1. The summed E-state index contributed by atoms with van der Waals surface area (Å²) in [5, 5.41) is 5.30. The molecule has 0 aliphatic carbocycles. The summed E-state index contributed by atoms with van der Waals surface area (Å²) in [6, 6.07) is 17.1. The number of carbonyl (C=O) groups excluding carboxylic acids is 1. The third kappa shape index (κ3) is 6.09. The molecule has 0 saturated carbocycles. The molecule has 0 aliphatic rings. The van der Waals surface area contributed by atoms with E-state index in [1.54, 1.807) is 23.7 Å². The molecule has 2 aromatic heterocycles. The van der Waals surface area contributed by atoms with Gasteiger partial charge in [0.2, 0.25) is 15.9 Å². The van der Waals surface area contributed by atoms with Crippen molar-refractivity contribution in [3.8, 4) is 11.3 Å². The zero-order valence-corrected chi connectivity index (χ0v) is 22.6. The molecule has 7 nitrogen and oxygen atoms in total. The van der Waals surface area contributed by atoms with Crippen molar-refractivity contribution in [2.24, 2.45) is 0 Å². The number of amides is 1. The van der Waals surface area contributed by atoms with Crippen LogP contribution >= 0.6 is 11.3 Å². The number of alkyl halides is 3. The molecule has 2 heterocycles. The topological polar surface area (TPSA) is 104 Å². The normalized spacial score (nSPS) is 12.9. The average Bonchev–Trinajstić information content (AvgIpc) is 3.55. The molecule has 1 atom stereocenters. The highest BCUT2D eigenvalue weighted by atomic mass is 32.2. The fraction of sp³-hybridized carbons (Fsp3) is 0.143. The number of hydrogen-bond donors (Lipinski definition) is 3. The number of nitrogens with one attached hydrogen (secondary N) is 3. The van der Waals surface area contributed by atoms with Gasteiger partial charge in [-0.3, -0.25) is 4.79 Å². The van der Waals surface area contributed by atoms with E-state index in [0.29, 0.717) is 11.3 Å². The molecular formula is C28H23F3N4O3S2. The fourth-order valence-electron chi connectivity index (χ4n) is 4.17. The summed E-state index contributed by atoms with van der Waals surface area (Å²) < 4.78 is 67.6. The molecule has 5 aromatic rings. The molecule has 0 unspecified atom stereocenters. The Kier molecular flexibility index (Phi) is 7.49. The molecule has 0 aliphatic heterocycles. The van der Waals surface area contributed by atoms with E-state index < -0.39 is 33.7 Å². The van der Waals surface area contributed by atoms with Gasteiger partial charge in [0.05, 0.1) is 16.2 Å². The number of anilines is 1. The molecule has 0 radical (unpaired) electrons. The number of benzene rings is 3. The largest absolute Gasteiger partial charge is 0.416 e. The Morgan fingerprint density at radius 1 is 1.02 bits per heavy atom. The van der Waals surface area contributed by atoms with E-state index in [1.165, 1.54) is 24.3 Å². The Morgan fingerprint density at radius 2 is 1.73 bits per heavy atom. The molecule has 1 amide bonds. The van der Waals surface area contributed by atoms with Gasteiger partial charge < -0.3 is 10.3 Å². The van der Waals surface area contributed by atoms with Crippen LogP contribution in [-0.2, 0) is 27.4 Å². The van der Waals surface area contributed by atoms with Crippen LogP contribution in [0.2, 0.25) is 0 Å². The van der Waals surface area contributed by atoms with Crippen LogP contribution in [0.4, 0.5) is 18.3 Å². The van der Waals surface area contributed by atoms with E-state index in [-0.39, 0.29) is 16.4 Å². The minimum Gasteiger partial charge on any atom is -0.361 e. The van der Waals surface area contributed by atoms with Crippen LogP contribution in [-0.4, -0.2) is 30.3 Å². The number of rotatable bonds is 8. The Morgan fingerprint density at radius 3 is 2.42 bits per heavy atom. The van der Waals surface area contributed by atoms with Gasteiger partial charge in [-0.05, 0) is 49.2 Å². The molecule has 0 saturated heterocycles. The number of sulfonamides is 1. The maximum atomic E-state index is 13.4. The smallest absolute Gasteiger partial charge is 0.361 e. The summed E-state index contributed by atoms with van der Waals surface area (Å²) in [5.74, 6) is -0.630. The van der Waals surface area contributed by atoms with Gasteiger partial charge in [0.15, 0.2) is 5.13 Å². The predicted octanol–water partition coefficient (Wildman–Crippen LogP) is 6.15. The number of aryl methyl sites for hydroxylation is 1. The van der Waals surface area contributed by atoms with Gasteiger partial charge in [0.25, 0.3) is 0 Å². The van der Waals surface area contributed by atoms with E-state index in [9.17, 15) is 26.4 Å². The van der Waals surface area contributed by atoms with E-state index in [4.69, 9.17) is 0 Å². The number of aromatic nitrogens is 2. The minimum absolute atomic E-state index is 0.0219. The van der Waals surface area contributed by atoms with Crippen LogP contribution in [0, 0.1) is 6.92 Å². The second-order valence-electron chi connectivity index (χ2n) is 9.15. The van der Waals surface area contributed by atoms with Crippen LogP contribution in [0.25, 0.3) is 22.2 Å². The van der Waals surface area contributed by atoms with Crippen molar-refractivity contribution in [1.82, 2.24) is 14.7 Å². The van der Waals surface area contributed by atoms with Crippen molar-refractivity contribution in [3.05, 3.63) is 101 Å². The molecule has 40 heavy (non-hydrogen) atoms. The third-order valence-electron chi connectivity index (χ3n) is 6.29. The number of fused-ring (bicyclic) bond motifs is 1. The second-order valence-corrected chi connectivity index (χ2v) is 11.7. The van der Waals surface area contributed by atoms with Crippen molar-refractivity contribution >= 4 is 43.3 Å². The van der Waals surface area contributed by atoms with E-state index >= 15 is 0 Å². The Hall–Kier alpha value is -4.00. The van der Waals surface area contributed by atoms with Gasteiger partial charge in [-0.25, -0.2) is 13.4 Å². The SMILES string of the molecule is Cc1ccc(S(=O)(=O)N[C@@H](Cc2c[nH]c3ccccc23)C(=O)Nc2nc(-c3ccc(C(F)(F)F)cc3)cs2)cc1. The second kappa shape index (κ2) is 10.9. The zero-order valence-electron chi connectivity index (χ0n) is 21.0. The van der Waals surface area contributed by atoms with Crippen LogP contribution in [0.15, 0.2) is 89.3 Å². The number of halogens is 3. The lowest BCUT2D eigenvalue weighted by Gasteiger charge is -2.18. The van der Waals surface area contributed by atoms with Crippen molar-refractivity contribution < 1.29 is 26.4 Å². The molecule has 5 rings (SSSR count). The Bertz CT molecular complexity index is 1760. The van der Waals surface area contributed by atoms with Crippen LogP contribution in [0.5, 0.6) is 0 Å². The molecule has 3 N–H and O–H groups in total. The van der Waals surface area contributed by atoms with Crippen LogP contribution < -0.4 is 10.0 Å². The van der Waals surface area contributed by atoms with Crippen molar-refractivity contribution in [3.63, 3.8) is 0 Å². The molecule has 0 bridgehead atoms. The quantitative estimate of drug-likeness (QED) is 0.204. The van der Waals surface area contributed by atoms with Gasteiger partial charge in [-0.2, -0.15) is 17.9 Å². The molecule has 12 heteroatoms. The first-order valence-electron chi connectivity index (χ1n) is 12.1. The average molecular weight is 585 g/mol. The maximum Gasteiger partial charge on any atom is 0.416 e. The van der Waals surface area contributed by atoms with Crippen molar-refractivity contribution in [2.75, 3.05) is 5.32 Å². The minimum atomic E-state index is -4.45. The summed E-state index contributed by atoms with van der Waals surface area (Å²) in [4.78, 5) is 20.9. The van der Waals surface area contributed by atoms with Gasteiger partial charge in [0, 0.05) is 28.0 Å². The lowest BCUT2D eigenvalue weighted by atomic mass is 10.1. The predicted molar refractivity (Wildman–Crippen MR) is 148 cm³/mol. The maximum absolute atomic E-state index is 13.4. The fourth-order valence-corrected chi connectivity index (χ4v) is 6.09. The molecule has 206 valence electrons. The number of thiazole rings is 1. The van der Waals surface area contributed by atoms with E-state index in [2.05, 4.69) is 20.0 Å². The van der Waals surface area contributed by atoms with E-state index in [0.717, 1.165) is 45.5 Å². The highest BCUT2D eigenvalue weighted by Gasteiger charge is 2.30. The summed E-state index contributed by atoms with van der Waals surface area (Å²) in [6.45, 7) is 1.84. The highest BCUT2D eigenvalue weighted by molar-refractivity contribution is 7.89. The van der Waals surface area contributed by atoms with Gasteiger partial charge in [-0.1, -0.05) is 48.0 Å². The van der Waals surface area contributed by atoms with Crippen molar-refractivity contribution in [1.29, 1.82) is 0 Å². The zero-order chi connectivity index (χ0) is 28.5. The number of para-hydroxylation sites is 1. The summed E-state index contributed by atoms with van der Waals surface area (Å²) in [7, 11) is -4.05. The first-order chi connectivity index (χ1) is 19.0. The lowest BCUT2D eigenvalue weighted by Crippen LogP contribution is -2.45. The highest BCUT2D eigenvalue weighted by Crippen LogP contribution is 2.32. The van der Waals surface area contributed by atoms with Gasteiger partial charge >= 0.3 is 6.18 Å². The monoisotopic (exact) mass is 584 g/mol.